The highest BCUT2D eigenvalue weighted by Gasteiger charge is 2.18. The topological polar surface area (TPSA) is 60.5 Å². The Kier molecular flexibility index (Phi) is 5.03. The number of nitrogens with zero attached hydrogens (tertiary/aromatic N) is 1. The fourth-order valence-corrected chi connectivity index (χ4v) is 3.38. The molecular formula is C22H22N2O3. The van der Waals surface area contributed by atoms with Gasteiger partial charge in [-0.1, -0.05) is 18.2 Å². The summed E-state index contributed by atoms with van der Waals surface area (Å²) in [5.41, 5.74) is 3.13. The van der Waals surface area contributed by atoms with Gasteiger partial charge in [0.2, 0.25) is 0 Å². The number of nitrogens with one attached hydrogen (secondary N) is 1. The minimum absolute atomic E-state index is 0.0983. The zero-order valence-corrected chi connectivity index (χ0v) is 15.3. The van der Waals surface area contributed by atoms with Crippen LogP contribution in [0.5, 0.6) is 5.75 Å². The van der Waals surface area contributed by atoms with Crippen LogP contribution in [0.3, 0.4) is 0 Å². The standard InChI is InChI=1S/C22H22N2O3/c1-26-16-10-8-15(9-11-16)21-13-19(18-6-2-3-7-20(18)24-21)22(25)23-14-17-5-4-12-27-17/h2-3,6-11,13,17H,4-5,12,14H2,1H3,(H,23,25)/t17-/m1/s1. The van der Waals surface area contributed by atoms with E-state index < -0.39 is 0 Å². The van der Waals surface area contributed by atoms with Crippen molar-refractivity contribution in [2.24, 2.45) is 0 Å². The van der Waals surface area contributed by atoms with E-state index in [-0.39, 0.29) is 12.0 Å². The molecule has 138 valence electrons. The molecule has 1 aliphatic heterocycles. The number of para-hydroxylation sites is 1. The number of methoxy groups -OCH3 is 1. The number of pyridine rings is 1. The van der Waals surface area contributed by atoms with E-state index in [1.807, 2.05) is 54.6 Å². The molecule has 27 heavy (non-hydrogen) atoms. The molecular weight excluding hydrogens is 340 g/mol. The zero-order chi connectivity index (χ0) is 18.6. The maximum absolute atomic E-state index is 12.9. The minimum atomic E-state index is -0.0983. The summed E-state index contributed by atoms with van der Waals surface area (Å²) in [6, 6.07) is 17.3. The first-order valence-electron chi connectivity index (χ1n) is 9.18. The third-order valence-corrected chi connectivity index (χ3v) is 4.86. The van der Waals surface area contributed by atoms with Crippen LogP contribution in [0.1, 0.15) is 23.2 Å². The monoisotopic (exact) mass is 362 g/mol. The van der Waals surface area contributed by atoms with E-state index in [1.54, 1.807) is 7.11 Å². The van der Waals surface area contributed by atoms with Crippen LogP contribution in [-0.2, 0) is 4.74 Å². The molecule has 1 atom stereocenters. The van der Waals surface area contributed by atoms with Crippen LogP contribution in [0.2, 0.25) is 0 Å². The van der Waals surface area contributed by atoms with Crippen molar-refractivity contribution in [2.45, 2.75) is 18.9 Å². The molecule has 0 saturated carbocycles. The van der Waals surface area contributed by atoms with Crippen LogP contribution < -0.4 is 10.1 Å². The van der Waals surface area contributed by atoms with Crippen LogP contribution in [-0.4, -0.2) is 37.3 Å². The van der Waals surface area contributed by atoms with Crippen molar-refractivity contribution in [2.75, 3.05) is 20.3 Å². The van der Waals surface area contributed by atoms with Gasteiger partial charge in [-0.05, 0) is 49.2 Å². The second kappa shape index (κ2) is 7.76. The summed E-state index contributed by atoms with van der Waals surface area (Å²) in [6.45, 7) is 1.31. The molecule has 1 aromatic heterocycles. The lowest BCUT2D eigenvalue weighted by atomic mass is 10.0. The average Bonchev–Trinajstić information content (AvgIpc) is 3.25. The molecule has 0 unspecified atom stereocenters. The van der Waals surface area contributed by atoms with Crippen LogP contribution in [0, 0.1) is 0 Å². The first-order chi connectivity index (χ1) is 13.2. The molecule has 0 spiro atoms. The van der Waals surface area contributed by atoms with Gasteiger partial charge in [-0.3, -0.25) is 4.79 Å². The number of benzene rings is 2. The van der Waals surface area contributed by atoms with E-state index in [9.17, 15) is 4.79 Å². The van der Waals surface area contributed by atoms with Gasteiger partial charge in [0.15, 0.2) is 0 Å². The Morgan fingerprint density at radius 3 is 2.78 bits per heavy atom. The van der Waals surface area contributed by atoms with Crippen LogP contribution >= 0.6 is 0 Å². The number of amides is 1. The number of carbonyl (C=O) groups is 1. The Morgan fingerprint density at radius 1 is 1.22 bits per heavy atom. The van der Waals surface area contributed by atoms with Crippen molar-refractivity contribution in [1.29, 1.82) is 0 Å². The summed E-state index contributed by atoms with van der Waals surface area (Å²) < 4.78 is 10.8. The Hall–Kier alpha value is -2.92. The van der Waals surface area contributed by atoms with Crippen molar-refractivity contribution in [3.63, 3.8) is 0 Å². The summed E-state index contributed by atoms with van der Waals surface area (Å²) in [6.07, 6.45) is 2.16. The number of hydrogen-bond donors (Lipinski definition) is 1. The second-order valence-electron chi connectivity index (χ2n) is 6.65. The molecule has 1 aliphatic rings. The first-order valence-corrected chi connectivity index (χ1v) is 9.18. The van der Waals surface area contributed by atoms with Gasteiger partial charge in [0.1, 0.15) is 5.75 Å². The second-order valence-corrected chi connectivity index (χ2v) is 6.65. The molecule has 1 amide bonds. The zero-order valence-electron chi connectivity index (χ0n) is 15.3. The van der Waals surface area contributed by atoms with Gasteiger partial charge in [0.25, 0.3) is 5.91 Å². The smallest absolute Gasteiger partial charge is 0.252 e. The molecule has 0 bridgehead atoms. The minimum Gasteiger partial charge on any atom is -0.497 e. The fourth-order valence-electron chi connectivity index (χ4n) is 3.38. The van der Waals surface area contributed by atoms with Crippen molar-refractivity contribution in [3.8, 4) is 17.0 Å². The lowest BCUT2D eigenvalue weighted by Gasteiger charge is -2.13. The van der Waals surface area contributed by atoms with Gasteiger partial charge in [-0.15, -0.1) is 0 Å². The molecule has 0 radical (unpaired) electrons. The fraction of sp³-hybridized carbons (Fsp3) is 0.273. The van der Waals surface area contributed by atoms with Crippen molar-refractivity contribution < 1.29 is 14.3 Å². The van der Waals surface area contributed by atoms with E-state index in [0.717, 1.165) is 47.4 Å². The quantitative estimate of drug-likeness (QED) is 0.750. The number of ether oxygens (including phenoxy) is 2. The van der Waals surface area contributed by atoms with Crippen LogP contribution in [0.15, 0.2) is 54.6 Å². The van der Waals surface area contributed by atoms with Gasteiger partial charge in [-0.25, -0.2) is 4.98 Å². The Morgan fingerprint density at radius 2 is 2.04 bits per heavy atom. The number of rotatable bonds is 5. The molecule has 2 heterocycles. The Balaban J connectivity index is 1.68. The largest absolute Gasteiger partial charge is 0.497 e. The summed E-state index contributed by atoms with van der Waals surface area (Å²) in [4.78, 5) is 17.6. The lowest BCUT2D eigenvalue weighted by Crippen LogP contribution is -2.31. The van der Waals surface area contributed by atoms with E-state index in [2.05, 4.69) is 5.32 Å². The van der Waals surface area contributed by atoms with E-state index in [4.69, 9.17) is 14.5 Å². The number of carbonyl (C=O) groups excluding carboxylic acids is 1. The van der Waals surface area contributed by atoms with Gasteiger partial charge >= 0.3 is 0 Å². The van der Waals surface area contributed by atoms with Gasteiger partial charge in [0, 0.05) is 24.1 Å². The van der Waals surface area contributed by atoms with E-state index in [0.29, 0.717) is 12.1 Å². The predicted molar refractivity (Wildman–Crippen MR) is 105 cm³/mol. The lowest BCUT2D eigenvalue weighted by molar-refractivity contribution is 0.0859. The molecule has 5 nitrogen and oxygen atoms in total. The SMILES string of the molecule is COc1ccc(-c2cc(C(=O)NC[C@H]3CCCO3)c3ccccc3n2)cc1. The normalized spacial score (nSPS) is 16.4. The Bertz CT molecular complexity index is 947. The maximum atomic E-state index is 12.9. The summed E-state index contributed by atoms with van der Waals surface area (Å²) in [5.74, 6) is 0.688. The Labute approximate surface area is 158 Å². The predicted octanol–water partition coefficient (Wildman–Crippen LogP) is 3.82. The van der Waals surface area contributed by atoms with Crippen LogP contribution in [0.4, 0.5) is 0 Å². The van der Waals surface area contributed by atoms with E-state index >= 15 is 0 Å². The number of fused-ring (bicyclic) bond motifs is 1. The molecule has 0 aliphatic carbocycles. The molecule has 2 aromatic carbocycles. The summed E-state index contributed by atoms with van der Waals surface area (Å²) >= 11 is 0. The third kappa shape index (κ3) is 3.78. The highest BCUT2D eigenvalue weighted by molar-refractivity contribution is 6.07. The van der Waals surface area contributed by atoms with E-state index in [1.165, 1.54) is 0 Å². The molecule has 1 saturated heterocycles. The van der Waals surface area contributed by atoms with Gasteiger partial charge in [-0.2, -0.15) is 0 Å². The number of aromatic nitrogens is 1. The highest BCUT2D eigenvalue weighted by Crippen LogP contribution is 2.26. The average molecular weight is 362 g/mol. The molecule has 1 N–H and O–H groups in total. The molecule has 1 fully saturated rings. The summed E-state index contributed by atoms with van der Waals surface area (Å²) in [7, 11) is 1.64. The molecule has 4 rings (SSSR count). The number of hydrogen-bond acceptors (Lipinski definition) is 4. The molecule has 5 heteroatoms. The van der Waals surface area contributed by atoms with Crippen molar-refractivity contribution in [1.82, 2.24) is 10.3 Å². The third-order valence-electron chi connectivity index (χ3n) is 4.86. The highest BCUT2D eigenvalue weighted by atomic mass is 16.5. The van der Waals surface area contributed by atoms with Gasteiger partial charge < -0.3 is 14.8 Å². The van der Waals surface area contributed by atoms with Crippen molar-refractivity contribution >= 4 is 16.8 Å². The summed E-state index contributed by atoms with van der Waals surface area (Å²) in [5, 5.41) is 3.87. The maximum Gasteiger partial charge on any atom is 0.252 e. The van der Waals surface area contributed by atoms with Crippen LogP contribution in [0.25, 0.3) is 22.2 Å². The molecule has 3 aromatic rings. The van der Waals surface area contributed by atoms with Crippen molar-refractivity contribution in [3.05, 3.63) is 60.2 Å². The first kappa shape index (κ1) is 17.5. The van der Waals surface area contributed by atoms with Gasteiger partial charge in [0.05, 0.1) is 30.0 Å².